The maximum atomic E-state index is 10.7. The second kappa shape index (κ2) is 5.56. The average Bonchev–Trinajstić information content (AvgIpc) is 2.02. The summed E-state index contributed by atoms with van der Waals surface area (Å²) in [6, 6.07) is -0.743. The average molecular weight is 187 g/mol. The fourth-order valence-corrected chi connectivity index (χ4v) is 1.04. The van der Waals surface area contributed by atoms with Gasteiger partial charge in [-0.2, -0.15) is 0 Å². The molecule has 1 amide bonds. The van der Waals surface area contributed by atoms with Crippen LogP contribution in [0.3, 0.4) is 0 Å². The van der Waals surface area contributed by atoms with Gasteiger partial charge < -0.3 is 10.4 Å². The van der Waals surface area contributed by atoms with Crippen molar-refractivity contribution in [2.75, 3.05) is 0 Å². The molecule has 0 aliphatic carbocycles. The van der Waals surface area contributed by atoms with E-state index < -0.39 is 12.0 Å². The van der Waals surface area contributed by atoms with Crippen molar-refractivity contribution in [3.63, 3.8) is 0 Å². The minimum Gasteiger partial charge on any atom is -0.480 e. The Labute approximate surface area is 78.3 Å². The van der Waals surface area contributed by atoms with E-state index in [0.717, 1.165) is 6.42 Å². The highest BCUT2D eigenvalue weighted by Gasteiger charge is 2.19. The molecular weight excluding hydrogens is 170 g/mol. The molecule has 0 heterocycles. The van der Waals surface area contributed by atoms with Crippen molar-refractivity contribution in [2.45, 2.75) is 39.7 Å². The first-order chi connectivity index (χ1) is 5.97. The van der Waals surface area contributed by atoms with Crippen molar-refractivity contribution in [3.05, 3.63) is 0 Å². The second-order valence-electron chi connectivity index (χ2n) is 3.34. The van der Waals surface area contributed by atoms with Crippen LogP contribution < -0.4 is 5.32 Å². The van der Waals surface area contributed by atoms with Gasteiger partial charge in [0, 0.05) is 6.92 Å². The van der Waals surface area contributed by atoms with Gasteiger partial charge in [-0.1, -0.05) is 20.3 Å². The highest BCUT2D eigenvalue weighted by molar-refractivity contribution is 5.81. The van der Waals surface area contributed by atoms with Gasteiger partial charge in [0.15, 0.2) is 0 Å². The molecule has 76 valence electrons. The number of carboxylic acids is 1. The molecule has 0 saturated heterocycles. The van der Waals surface area contributed by atoms with Crippen LogP contribution >= 0.6 is 0 Å². The van der Waals surface area contributed by atoms with Crippen LogP contribution in [0.5, 0.6) is 0 Å². The van der Waals surface area contributed by atoms with Gasteiger partial charge in [0.2, 0.25) is 5.91 Å². The van der Waals surface area contributed by atoms with Gasteiger partial charge in [0.05, 0.1) is 0 Å². The highest BCUT2D eigenvalue weighted by Crippen LogP contribution is 2.09. The Morgan fingerprint density at radius 3 is 2.31 bits per heavy atom. The Bertz CT molecular complexity index is 191. The van der Waals surface area contributed by atoms with Crippen LogP contribution in [-0.4, -0.2) is 23.0 Å². The summed E-state index contributed by atoms with van der Waals surface area (Å²) in [5.74, 6) is -0.945. The third-order valence-electron chi connectivity index (χ3n) is 2.01. The predicted octanol–water partition coefficient (Wildman–Crippen LogP) is 1.01. The minimum atomic E-state index is -0.962. The summed E-state index contributed by atoms with van der Waals surface area (Å²) in [5.41, 5.74) is 0. The molecular formula is C9H17NO3. The van der Waals surface area contributed by atoms with Crippen LogP contribution in [0.1, 0.15) is 33.6 Å². The summed E-state index contributed by atoms with van der Waals surface area (Å²) in [5, 5.41) is 11.2. The number of carboxylic acid groups (broad SMARTS) is 1. The van der Waals surface area contributed by atoms with Crippen molar-refractivity contribution in [1.29, 1.82) is 0 Å². The van der Waals surface area contributed by atoms with Crippen LogP contribution in [0.25, 0.3) is 0 Å². The number of rotatable bonds is 5. The molecule has 0 saturated carbocycles. The van der Waals surface area contributed by atoms with Gasteiger partial charge in [-0.3, -0.25) is 4.79 Å². The maximum Gasteiger partial charge on any atom is 0.326 e. The number of carbonyl (C=O) groups is 2. The quantitative estimate of drug-likeness (QED) is 0.675. The molecule has 2 N–H and O–H groups in total. The first kappa shape index (κ1) is 11.9. The summed E-state index contributed by atoms with van der Waals surface area (Å²) in [6.45, 7) is 5.29. The van der Waals surface area contributed by atoms with E-state index in [4.69, 9.17) is 5.11 Å². The van der Waals surface area contributed by atoms with E-state index >= 15 is 0 Å². The lowest BCUT2D eigenvalue weighted by atomic mass is 9.99. The van der Waals surface area contributed by atoms with Gasteiger partial charge in [-0.25, -0.2) is 4.79 Å². The molecule has 0 aliphatic rings. The third kappa shape index (κ3) is 5.22. The van der Waals surface area contributed by atoms with Crippen molar-refractivity contribution < 1.29 is 14.7 Å². The van der Waals surface area contributed by atoms with E-state index in [1.165, 1.54) is 6.92 Å². The molecule has 13 heavy (non-hydrogen) atoms. The lowest BCUT2D eigenvalue weighted by molar-refractivity contribution is -0.142. The molecule has 0 bridgehead atoms. The van der Waals surface area contributed by atoms with Crippen molar-refractivity contribution in [3.8, 4) is 0 Å². The van der Waals surface area contributed by atoms with E-state index in [2.05, 4.69) is 5.32 Å². The van der Waals surface area contributed by atoms with Crippen molar-refractivity contribution >= 4 is 11.9 Å². The molecule has 0 aliphatic heterocycles. The van der Waals surface area contributed by atoms with Crippen LogP contribution in [0.2, 0.25) is 0 Å². The van der Waals surface area contributed by atoms with Gasteiger partial charge >= 0.3 is 5.97 Å². The zero-order valence-corrected chi connectivity index (χ0v) is 8.33. The molecule has 0 aromatic heterocycles. The maximum absolute atomic E-state index is 10.7. The van der Waals surface area contributed by atoms with E-state index in [0.29, 0.717) is 12.3 Å². The first-order valence-electron chi connectivity index (χ1n) is 4.47. The molecule has 0 aromatic rings. The largest absolute Gasteiger partial charge is 0.480 e. The number of aliphatic carboxylic acids is 1. The summed E-state index contributed by atoms with van der Waals surface area (Å²) in [6.07, 6.45) is 1.41. The van der Waals surface area contributed by atoms with Crippen LogP contribution in [0.15, 0.2) is 0 Å². The Hall–Kier alpha value is -1.06. The molecule has 4 heteroatoms. The topological polar surface area (TPSA) is 66.4 Å². The number of hydrogen-bond acceptors (Lipinski definition) is 2. The zero-order chi connectivity index (χ0) is 10.4. The highest BCUT2D eigenvalue weighted by atomic mass is 16.4. The van der Waals surface area contributed by atoms with Gasteiger partial charge in [0.25, 0.3) is 0 Å². The number of carbonyl (C=O) groups excluding carboxylic acids is 1. The van der Waals surface area contributed by atoms with E-state index in [-0.39, 0.29) is 5.91 Å². The number of hydrogen-bond donors (Lipinski definition) is 2. The summed E-state index contributed by atoms with van der Waals surface area (Å²) >= 11 is 0. The molecule has 0 rings (SSSR count). The number of amides is 1. The van der Waals surface area contributed by atoms with Crippen LogP contribution in [0, 0.1) is 5.92 Å². The lowest BCUT2D eigenvalue weighted by Gasteiger charge is -2.16. The monoisotopic (exact) mass is 187 g/mol. The second-order valence-corrected chi connectivity index (χ2v) is 3.34. The van der Waals surface area contributed by atoms with Crippen LogP contribution in [0.4, 0.5) is 0 Å². The van der Waals surface area contributed by atoms with Gasteiger partial charge in [-0.05, 0) is 12.3 Å². The predicted molar refractivity (Wildman–Crippen MR) is 49.3 cm³/mol. The summed E-state index contributed by atoms with van der Waals surface area (Å²) in [7, 11) is 0. The Morgan fingerprint density at radius 1 is 1.46 bits per heavy atom. The first-order valence-corrected chi connectivity index (χ1v) is 4.47. The molecule has 2 unspecified atom stereocenters. The zero-order valence-electron chi connectivity index (χ0n) is 8.33. The molecule has 4 nitrogen and oxygen atoms in total. The van der Waals surface area contributed by atoms with E-state index in [1.54, 1.807) is 0 Å². The normalized spacial score (nSPS) is 14.7. The van der Waals surface area contributed by atoms with Gasteiger partial charge in [-0.15, -0.1) is 0 Å². The Balaban J connectivity index is 4.10. The molecule has 2 atom stereocenters. The Morgan fingerprint density at radius 2 is 2.00 bits per heavy atom. The fourth-order valence-electron chi connectivity index (χ4n) is 1.04. The molecule has 0 fully saturated rings. The molecule has 0 spiro atoms. The standard InChI is InChI=1S/C9H17NO3/c1-4-6(2)5-8(9(12)13)10-7(3)11/h6,8H,4-5H2,1-3H3,(H,10,11)(H,12,13). The van der Waals surface area contributed by atoms with Crippen molar-refractivity contribution in [2.24, 2.45) is 5.92 Å². The fraction of sp³-hybridized carbons (Fsp3) is 0.778. The molecule has 0 aromatic carbocycles. The summed E-state index contributed by atoms with van der Waals surface area (Å²) < 4.78 is 0. The van der Waals surface area contributed by atoms with Crippen molar-refractivity contribution in [1.82, 2.24) is 5.32 Å². The van der Waals surface area contributed by atoms with Crippen LogP contribution in [-0.2, 0) is 9.59 Å². The molecule has 0 radical (unpaired) electrons. The number of nitrogens with one attached hydrogen (secondary N) is 1. The smallest absolute Gasteiger partial charge is 0.326 e. The van der Waals surface area contributed by atoms with E-state index in [9.17, 15) is 9.59 Å². The SMILES string of the molecule is CCC(C)CC(NC(C)=O)C(=O)O. The van der Waals surface area contributed by atoms with E-state index in [1.807, 2.05) is 13.8 Å². The third-order valence-corrected chi connectivity index (χ3v) is 2.01. The summed E-state index contributed by atoms with van der Waals surface area (Å²) in [4.78, 5) is 21.3. The Kier molecular flexibility index (Phi) is 5.11. The minimum absolute atomic E-state index is 0.296. The van der Waals surface area contributed by atoms with Gasteiger partial charge in [0.1, 0.15) is 6.04 Å². The lowest BCUT2D eigenvalue weighted by Crippen LogP contribution is -2.40.